The van der Waals surface area contributed by atoms with Gasteiger partial charge in [-0.1, -0.05) is 70.4 Å². The van der Waals surface area contributed by atoms with Gasteiger partial charge in [0.25, 0.3) is 10.1 Å². The summed E-state index contributed by atoms with van der Waals surface area (Å²) in [6.07, 6.45) is 18.8. The molecule has 10 nitrogen and oxygen atoms in total. The number of carboxylic acid groups (broad SMARTS) is 2. The second kappa shape index (κ2) is 31.0. The summed E-state index contributed by atoms with van der Waals surface area (Å²) in [6, 6.07) is 0. The minimum absolute atomic E-state index is 0. The van der Waals surface area contributed by atoms with Crippen molar-refractivity contribution in [2.75, 3.05) is 19.7 Å². The first-order chi connectivity index (χ1) is 16.6. The van der Waals surface area contributed by atoms with Gasteiger partial charge in [0.05, 0.1) is 19.1 Å². The van der Waals surface area contributed by atoms with Gasteiger partial charge in [-0.05, 0) is 38.6 Å². The van der Waals surface area contributed by atoms with Crippen LogP contribution in [-0.2, 0) is 19.7 Å². The second-order valence-corrected chi connectivity index (χ2v) is 10.1. The molecule has 0 amide bonds. The van der Waals surface area contributed by atoms with E-state index < -0.39 is 33.7 Å². The van der Waals surface area contributed by atoms with Crippen molar-refractivity contribution in [3.05, 3.63) is 12.2 Å². The Balaban J connectivity index is -0.000000147. The van der Waals surface area contributed by atoms with Crippen LogP contribution in [0.2, 0.25) is 0 Å². The quantitative estimate of drug-likeness (QED) is 0.0354. The number of carboxylic acids is 2. The Bertz CT molecular complexity index is 676. The summed E-state index contributed by atoms with van der Waals surface area (Å²) in [5.74, 6) is -3.50. The molecule has 0 saturated heterocycles. The van der Waals surface area contributed by atoms with Crippen LogP contribution in [0.3, 0.4) is 0 Å². The number of allylic oxidation sites excluding steroid dienone is 1. The molecular formula is C24H49NNa2O9S. The number of aliphatic hydroxyl groups excluding tert-OH is 2. The Hall–Kier alpha value is 0.470. The van der Waals surface area contributed by atoms with Crippen LogP contribution in [-0.4, -0.2) is 76.4 Å². The number of hydrogen-bond donors (Lipinski definition) is 6. The monoisotopic (exact) mass is 573 g/mol. The van der Waals surface area contributed by atoms with Crippen molar-refractivity contribution in [1.82, 2.24) is 5.32 Å². The Morgan fingerprint density at radius 3 is 1.95 bits per heavy atom. The van der Waals surface area contributed by atoms with E-state index in [0.717, 1.165) is 32.4 Å². The molecule has 2 atom stereocenters. The largest absolute Gasteiger partial charge is 1.00 e. The predicted molar refractivity (Wildman–Crippen MR) is 138 cm³/mol. The van der Waals surface area contributed by atoms with Gasteiger partial charge in [0.15, 0.2) is 5.25 Å². The van der Waals surface area contributed by atoms with Crippen molar-refractivity contribution in [2.45, 2.75) is 108 Å². The van der Waals surface area contributed by atoms with Crippen LogP contribution in [0.4, 0.5) is 0 Å². The van der Waals surface area contributed by atoms with Gasteiger partial charge in [-0.15, -0.1) is 0 Å². The number of aliphatic hydroxyl groups is 2. The molecule has 0 aliphatic rings. The third kappa shape index (κ3) is 34.4. The van der Waals surface area contributed by atoms with Crippen LogP contribution in [0.15, 0.2) is 12.2 Å². The molecule has 0 rings (SSSR count). The fourth-order valence-corrected chi connectivity index (χ4v) is 3.81. The van der Waals surface area contributed by atoms with Crippen molar-refractivity contribution < 1.29 is 105 Å². The van der Waals surface area contributed by atoms with Crippen LogP contribution >= 0.6 is 0 Å². The maximum absolute atomic E-state index is 10.2. The minimum Gasteiger partial charge on any atom is -1.00 e. The maximum atomic E-state index is 10.2. The fraction of sp³-hybridized carbons (Fsp3) is 0.833. The number of unbranched alkanes of at least 4 members (excludes halogenated alkanes) is 9. The Morgan fingerprint density at radius 2 is 1.46 bits per heavy atom. The molecule has 0 aliphatic heterocycles. The molecule has 0 aliphatic carbocycles. The van der Waals surface area contributed by atoms with Crippen molar-refractivity contribution in [3.8, 4) is 0 Å². The summed E-state index contributed by atoms with van der Waals surface area (Å²) in [5, 5.41) is 35.6. The van der Waals surface area contributed by atoms with Gasteiger partial charge in [-0.25, -0.2) is 0 Å². The van der Waals surface area contributed by atoms with E-state index in [9.17, 15) is 23.1 Å². The molecule has 6 N–H and O–H groups in total. The molecule has 37 heavy (non-hydrogen) atoms. The second-order valence-electron chi connectivity index (χ2n) is 8.53. The van der Waals surface area contributed by atoms with Crippen molar-refractivity contribution >= 4 is 22.1 Å². The standard InChI is InChI=1S/C20H41NO2.C4H6O7S.2Na.2H/c1-2-3-4-12-15-20(23)16-13-10-8-6-5-7-9-11-14-17-21-18-19-22;5-3(6)1-2(4(7)8)12(9,10)11;;;;/h10,13,20-23H,2-9,11-12,14-19H2,1H3;2H,1H2,(H,5,6)(H,7,8)(H,9,10,11);;;;/q;;2*+1;2*-1/b13-10-;;;;;/t20-;;;;;/m1...../s1. The molecule has 0 saturated carbocycles. The van der Waals surface area contributed by atoms with Gasteiger partial charge in [0.1, 0.15) is 0 Å². The van der Waals surface area contributed by atoms with E-state index >= 15 is 0 Å². The van der Waals surface area contributed by atoms with Crippen LogP contribution in [0.25, 0.3) is 0 Å². The van der Waals surface area contributed by atoms with Crippen molar-refractivity contribution in [3.63, 3.8) is 0 Å². The molecule has 0 fully saturated rings. The molecule has 212 valence electrons. The third-order valence-electron chi connectivity index (χ3n) is 5.22. The number of hydrogen-bond acceptors (Lipinski definition) is 7. The molecule has 0 radical (unpaired) electrons. The molecule has 0 heterocycles. The average molecular weight is 574 g/mol. The molecule has 0 aromatic carbocycles. The molecule has 0 aromatic rings. The first-order valence-corrected chi connectivity index (χ1v) is 14.1. The number of carbonyl (C=O) groups is 2. The molecule has 1 unspecified atom stereocenters. The fourth-order valence-electron chi connectivity index (χ4n) is 3.20. The van der Waals surface area contributed by atoms with E-state index in [1.165, 1.54) is 64.2 Å². The van der Waals surface area contributed by atoms with Gasteiger partial charge in [-0.3, -0.25) is 14.1 Å². The summed E-state index contributed by atoms with van der Waals surface area (Å²) in [6.45, 7) is 4.21. The average Bonchev–Trinajstić information content (AvgIpc) is 2.77. The molecule has 0 bridgehead atoms. The molecule has 0 aromatic heterocycles. The van der Waals surface area contributed by atoms with Gasteiger partial charge < -0.3 is 28.6 Å². The van der Waals surface area contributed by atoms with E-state index in [0.29, 0.717) is 0 Å². The van der Waals surface area contributed by atoms with E-state index in [1.54, 1.807) is 0 Å². The Labute approximate surface area is 270 Å². The summed E-state index contributed by atoms with van der Waals surface area (Å²) < 4.78 is 28.7. The molecule has 0 spiro atoms. The predicted octanol–water partition coefficient (Wildman–Crippen LogP) is -2.39. The number of rotatable bonds is 22. The summed E-state index contributed by atoms with van der Waals surface area (Å²) >= 11 is 0. The Morgan fingerprint density at radius 1 is 0.892 bits per heavy atom. The zero-order valence-corrected chi connectivity index (χ0v) is 27.9. The maximum Gasteiger partial charge on any atom is 1.00 e. The first-order valence-electron chi connectivity index (χ1n) is 12.6. The smallest absolute Gasteiger partial charge is 1.00 e. The van der Waals surface area contributed by atoms with E-state index in [1.807, 2.05) is 0 Å². The van der Waals surface area contributed by atoms with Crippen LogP contribution in [0.1, 0.15) is 99.7 Å². The normalized spacial score (nSPS) is 12.5. The van der Waals surface area contributed by atoms with E-state index in [2.05, 4.69) is 24.4 Å². The summed E-state index contributed by atoms with van der Waals surface area (Å²) in [4.78, 5) is 20.0. The minimum atomic E-state index is -4.84. The summed E-state index contributed by atoms with van der Waals surface area (Å²) in [5.41, 5.74) is 0. The van der Waals surface area contributed by atoms with Gasteiger partial charge in [0.2, 0.25) is 0 Å². The zero-order valence-electron chi connectivity index (χ0n) is 25.1. The van der Waals surface area contributed by atoms with Gasteiger partial charge >= 0.3 is 71.1 Å². The first kappa shape index (κ1) is 44.5. The van der Waals surface area contributed by atoms with Crippen LogP contribution < -0.4 is 64.4 Å². The van der Waals surface area contributed by atoms with Crippen molar-refractivity contribution in [1.29, 1.82) is 0 Å². The Kier molecular flexibility index (Phi) is 37.3. The van der Waals surface area contributed by atoms with Crippen LogP contribution in [0.5, 0.6) is 0 Å². The van der Waals surface area contributed by atoms with Crippen LogP contribution in [0, 0.1) is 0 Å². The van der Waals surface area contributed by atoms with E-state index in [4.69, 9.17) is 19.9 Å². The summed E-state index contributed by atoms with van der Waals surface area (Å²) in [7, 11) is -4.84. The van der Waals surface area contributed by atoms with Gasteiger partial charge in [-0.2, -0.15) is 8.42 Å². The van der Waals surface area contributed by atoms with E-state index in [-0.39, 0.29) is 74.7 Å². The number of nitrogens with one attached hydrogen (secondary N) is 1. The topological polar surface area (TPSA) is 181 Å². The molecular weight excluding hydrogens is 524 g/mol. The zero-order chi connectivity index (χ0) is 27.0. The SMILES string of the molecule is CCCCCC[C@@H](O)C/C=C\CCCCCCCCNCCO.O=C(O)CC(C(=O)O)S(=O)(=O)O.[H-].[H-].[Na+].[Na+]. The number of aliphatic carboxylic acids is 2. The third-order valence-corrected chi connectivity index (χ3v) is 6.31. The van der Waals surface area contributed by atoms with Gasteiger partial charge in [0, 0.05) is 6.54 Å². The van der Waals surface area contributed by atoms with Crippen molar-refractivity contribution in [2.24, 2.45) is 0 Å². The molecule has 13 heteroatoms.